The number of nitrogens with zero attached hydrogens (tertiary/aromatic N) is 1. The average molecular weight is 201 g/mol. The second-order valence-corrected chi connectivity index (χ2v) is 4.42. The van der Waals surface area contributed by atoms with E-state index < -0.39 is 11.5 Å². The summed E-state index contributed by atoms with van der Waals surface area (Å²) in [6, 6.07) is 0. The Balaban J connectivity index is 4.47. The van der Waals surface area contributed by atoms with E-state index in [1.54, 1.807) is 13.8 Å². The molecule has 0 aromatic heterocycles. The standard InChI is InChI=1S/C11H23NO2/c1-6-9(3)8-12(7-2)11(4,5)10(13)14/h9H,6-8H2,1-5H3,(H,13,14). The number of hydrogen-bond donors (Lipinski definition) is 1. The molecule has 0 heterocycles. The van der Waals surface area contributed by atoms with Crippen molar-refractivity contribution >= 4 is 5.97 Å². The summed E-state index contributed by atoms with van der Waals surface area (Å²) in [6.07, 6.45) is 1.09. The molecule has 1 N–H and O–H groups in total. The molecule has 0 aliphatic carbocycles. The van der Waals surface area contributed by atoms with E-state index in [4.69, 9.17) is 5.11 Å². The van der Waals surface area contributed by atoms with Crippen molar-refractivity contribution in [3.8, 4) is 0 Å². The van der Waals surface area contributed by atoms with E-state index in [2.05, 4.69) is 13.8 Å². The van der Waals surface area contributed by atoms with E-state index in [0.717, 1.165) is 19.5 Å². The highest BCUT2D eigenvalue weighted by molar-refractivity contribution is 5.77. The Morgan fingerprint density at radius 2 is 1.93 bits per heavy atom. The maximum atomic E-state index is 11.0. The molecular weight excluding hydrogens is 178 g/mol. The minimum absolute atomic E-state index is 0.550. The van der Waals surface area contributed by atoms with E-state index in [1.165, 1.54) is 0 Å². The van der Waals surface area contributed by atoms with Crippen molar-refractivity contribution in [1.29, 1.82) is 0 Å². The molecule has 1 atom stereocenters. The van der Waals surface area contributed by atoms with Gasteiger partial charge in [-0.25, -0.2) is 0 Å². The van der Waals surface area contributed by atoms with Crippen molar-refractivity contribution in [1.82, 2.24) is 4.90 Å². The van der Waals surface area contributed by atoms with Crippen LogP contribution in [0, 0.1) is 5.92 Å². The molecular formula is C11H23NO2. The van der Waals surface area contributed by atoms with Gasteiger partial charge in [0.15, 0.2) is 0 Å². The lowest BCUT2D eigenvalue weighted by molar-refractivity contribution is -0.149. The quantitative estimate of drug-likeness (QED) is 0.716. The van der Waals surface area contributed by atoms with Gasteiger partial charge in [-0.3, -0.25) is 9.69 Å². The summed E-state index contributed by atoms with van der Waals surface area (Å²) in [7, 11) is 0. The number of rotatable bonds is 6. The Morgan fingerprint density at radius 3 is 2.21 bits per heavy atom. The van der Waals surface area contributed by atoms with Crippen LogP contribution < -0.4 is 0 Å². The van der Waals surface area contributed by atoms with Crippen molar-refractivity contribution in [2.24, 2.45) is 5.92 Å². The van der Waals surface area contributed by atoms with Gasteiger partial charge in [0, 0.05) is 6.54 Å². The van der Waals surface area contributed by atoms with Crippen LogP contribution in [0.4, 0.5) is 0 Å². The Labute approximate surface area is 87.1 Å². The molecule has 84 valence electrons. The van der Waals surface area contributed by atoms with E-state index in [-0.39, 0.29) is 0 Å². The second-order valence-electron chi connectivity index (χ2n) is 4.42. The molecule has 3 nitrogen and oxygen atoms in total. The third-order valence-corrected chi connectivity index (χ3v) is 2.92. The van der Waals surface area contributed by atoms with E-state index >= 15 is 0 Å². The van der Waals surface area contributed by atoms with Crippen molar-refractivity contribution < 1.29 is 9.90 Å². The fourth-order valence-electron chi connectivity index (χ4n) is 1.39. The third kappa shape index (κ3) is 3.29. The molecule has 0 aliphatic heterocycles. The zero-order valence-corrected chi connectivity index (χ0v) is 10.0. The van der Waals surface area contributed by atoms with E-state index in [0.29, 0.717) is 5.92 Å². The van der Waals surface area contributed by atoms with Crippen LogP contribution >= 0.6 is 0 Å². The highest BCUT2D eigenvalue weighted by Crippen LogP contribution is 2.17. The zero-order valence-electron chi connectivity index (χ0n) is 10.0. The Hall–Kier alpha value is -0.570. The minimum atomic E-state index is -0.752. The van der Waals surface area contributed by atoms with Crippen LogP contribution in [0.3, 0.4) is 0 Å². The Morgan fingerprint density at radius 1 is 1.43 bits per heavy atom. The summed E-state index contributed by atoms with van der Waals surface area (Å²) in [6.45, 7) is 11.5. The lowest BCUT2D eigenvalue weighted by atomic mass is 10.00. The molecule has 0 saturated heterocycles. The molecule has 0 rings (SSSR count). The lowest BCUT2D eigenvalue weighted by Gasteiger charge is -2.35. The first-order valence-corrected chi connectivity index (χ1v) is 5.34. The fourth-order valence-corrected chi connectivity index (χ4v) is 1.39. The van der Waals surface area contributed by atoms with Gasteiger partial charge in [-0.2, -0.15) is 0 Å². The predicted molar refractivity (Wildman–Crippen MR) is 58.4 cm³/mol. The summed E-state index contributed by atoms with van der Waals surface area (Å²) in [5, 5.41) is 9.09. The van der Waals surface area contributed by atoms with Crippen molar-refractivity contribution in [2.75, 3.05) is 13.1 Å². The Bertz CT molecular complexity index is 190. The van der Waals surface area contributed by atoms with Gasteiger partial charge in [0.1, 0.15) is 5.54 Å². The van der Waals surface area contributed by atoms with Crippen molar-refractivity contribution in [2.45, 2.75) is 46.6 Å². The molecule has 0 radical (unpaired) electrons. The van der Waals surface area contributed by atoms with Gasteiger partial charge in [0.25, 0.3) is 0 Å². The highest BCUT2D eigenvalue weighted by atomic mass is 16.4. The van der Waals surface area contributed by atoms with Gasteiger partial charge >= 0.3 is 5.97 Å². The van der Waals surface area contributed by atoms with Crippen LogP contribution in [0.25, 0.3) is 0 Å². The molecule has 14 heavy (non-hydrogen) atoms. The third-order valence-electron chi connectivity index (χ3n) is 2.92. The molecule has 0 saturated carbocycles. The first-order chi connectivity index (χ1) is 6.36. The highest BCUT2D eigenvalue weighted by Gasteiger charge is 2.33. The normalized spacial score (nSPS) is 14.4. The minimum Gasteiger partial charge on any atom is -0.480 e. The molecule has 0 amide bonds. The van der Waals surface area contributed by atoms with Crippen LogP contribution in [-0.4, -0.2) is 34.6 Å². The molecule has 3 heteroatoms. The number of hydrogen-bond acceptors (Lipinski definition) is 2. The van der Waals surface area contributed by atoms with Crippen LogP contribution in [0.15, 0.2) is 0 Å². The van der Waals surface area contributed by atoms with Crippen LogP contribution in [0.1, 0.15) is 41.0 Å². The monoisotopic (exact) mass is 201 g/mol. The first kappa shape index (κ1) is 13.4. The number of carbonyl (C=O) groups is 1. The number of carboxylic acid groups (broad SMARTS) is 1. The second kappa shape index (κ2) is 5.35. The number of carboxylic acids is 1. The molecule has 0 aromatic rings. The maximum absolute atomic E-state index is 11.0. The lowest BCUT2D eigenvalue weighted by Crippen LogP contribution is -2.51. The maximum Gasteiger partial charge on any atom is 0.323 e. The summed E-state index contributed by atoms with van der Waals surface area (Å²) < 4.78 is 0. The molecule has 0 aliphatic rings. The zero-order chi connectivity index (χ0) is 11.4. The summed E-state index contributed by atoms with van der Waals surface area (Å²) in [5.41, 5.74) is -0.752. The van der Waals surface area contributed by atoms with Gasteiger partial charge in [-0.05, 0) is 26.3 Å². The summed E-state index contributed by atoms with van der Waals surface area (Å²) in [4.78, 5) is 13.1. The van der Waals surface area contributed by atoms with Gasteiger partial charge in [0.05, 0.1) is 0 Å². The van der Waals surface area contributed by atoms with E-state index in [1.807, 2.05) is 11.8 Å². The van der Waals surface area contributed by atoms with Crippen LogP contribution in [-0.2, 0) is 4.79 Å². The predicted octanol–water partition coefficient (Wildman–Crippen LogP) is 2.22. The molecule has 0 aromatic carbocycles. The van der Waals surface area contributed by atoms with Crippen molar-refractivity contribution in [3.05, 3.63) is 0 Å². The van der Waals surface area contributed by atoms with Crippen molar-refractivity contribution in [3.63, 3.8) is 0 Å². The van der Waals surface area contributed by atoms with Crippen LogP contribution in [0.2, 0.25) is 0 Å². The largest absolute Gasteiger partial charge is 0.480 e. The Kier molecular flexibility index (Phi) is 5.13. The van der Waals surface area contributed by atoms with Gasteiger partial charge in [-0.15, -0.1) is 0 Å². The summed E-state index contributed by atoms with van der Waals surface area (Å²) in [5.74, 6) is -0.198. The molecule has 0 spiro atoms. The molecule has 0 bridgehead atoms. The van der Waals surface area contributed by atoms with Gasteiger partial charge in [-0.1, -0.05) is 27.2 Å². The summed E-state index contributed by atoms with van der Waals surface area (Å²) >= 11 is 0. The average Bonchev–Trinajstić information content (AvgIpc) is 2.12. The van der Waals surface area contributed by atoms with E-state index in [9.17, 15) is 4.79 Å². The van der Waals surface area contributed by atoms with Gasteiger partial charge in [0.2, 0.25) is 0 Å². The fraction of sp³-hybridized carbons (Fsp3) is 0.909. The SMILES string of the molecule is CCC(C)CN(CC)C(C)(C)C(=O)O. The molecule has 0 fully saturated rings. The topological polar surface area (TPSA) is 40.5 Å². The number of likely N-dealkylation sites (N-methyl/N-ethyl adjacent to an activating group) is 1. The number of aliphatic carboxylic acids is 1. The first-order valence-electron chi connectivity index (χ1n) is 5.34. The van der Waals surface area contributed by atoms with Gasteiger partial charge < -0.3 is 5.11 Å². The molecule has 1 unspecified atom stereocenters. The van der Waals surface area contributed by atoms with Crippen LogP contribution in [0.5, 0.6) is 0 Å². The smallest absolute Gasteiger partial charge is 0.323 e.